The number of para-hydroxylation sites is 1. The molecule has 0 saturated carbocycles. The number of nitrogens with zero attached hydrogens (tertiary/aromatic N) is 2. The monoisotopic (exact) mass is 370 g/mol. The summed E-state index contributed by atoms with van der Waals surface area (Å²) in [5, 5.41) is 12.0. The van der Waals surface area contributed by atoms with E-state index in [0.717, 1.165) is 5.56 Å². The van der Waals surface area contributed by atoms with Crippen molar-refractivity contribution in [2.24, 2.45) is 0 Å². The van der Waals surface area contributed by atoms with Crippen molar-refractivity contribution in [3.05, 3.63) is 63.9 Å². The zero-order valence-electron chi connectivity index (χ0n) is 12.5. The molecule has 0 aliphatic carbocycles. The number of pyridine rings is 1. The molecule has 2 aromatic rings. The van der Waals surface area contributed by atoms with Crippen LogP contribution in [0.3, 0.4) is 0 Å². The molecule has 0 saturated heterocycles. The topological polar surface area (TPSA) is 91.8 Å². The average Bonchev–Trinajstić information content (AvgIpc) is 2.52. The lowest BCUT2D eigenvalue weighted by molar-refractivity contribution is -0.117. The van der Waals surface area contributed by atoms with Crippen LogP contribution in [-0.4, -0.2) is 10.9 Å². The first-order chi connectivity index (χ1) is 11.0. The molecule has 0 radical (unpaired) electrons. The maximum Gasteiger partial charge on any atom is 0.262 e. The lowest BCUT2D eigenvalue weighted by atomic mass is 10.1. The lowest BCUT2D eigenvalue weighted by Crippen LogP contribution is -2.28. The molecule has 1 aromatic heterocycles. The highest BCUT2D eigenvalue weighted by atomic mass is 79.9. The Morgan fingerprint density at radius 3 is 2.74 bits per heavy atom. The number of aromatic nitrogens is 1. The number of halogens is 1. The first-order valence-corrected chi connectivity index (χ1v) is 7.70. The summed E-state index contributed by atoms with van der Waals surface area (Å²) in [7, 11) is 0. The van der Waals surface area contributed by atoms with E-state index in [1.165, 1.54) is 6.08 Å². The summed E-state index contributed by atoms with van der Waals surface area (Å²) < 4.78 is 0.634. The number of amides is 1. The van der Waals surface area contributed by atoms with E-state index in [4.69, 9.17) is 5.73 Å². The summed E-state index contributed by atoms with van der Waals surface area (Å²) in [6.45, 7) is 1.82. The van der Waals surface area contributed by atoms with Gasteiger partial charge in [0.1, 0.15) is 16.2 Å². The van der Waals surface area contributed by atoms with Crippen molar-refractivity contribution in [1.29, 1.82) is 5.26 Å². The van der Waals surface area contributed by atoms with E-state index in [1.807, 2.05) is 31.2 Å². The molecule has 0 aliphatic rings. The maximum atomic E-state index is 12.3. The highest BCUT2D eigenvalue weighted by Gasteiger charge is 2.15. The summed E-state index contributed by atoms with van der Waals surface area (Å²) >= 11 is 3.25. The molecule has 23 heavy (non-hydrogen) atoms. The first-order valence-electron chi connectivity index (χ1n) is 6.91. The molecule has 1 heterocycles. The second-order valence-corrected chi connectivity index (χ2v) is 5.69. The molecular formula is C17H15BrN4O. The predicted molar refractivity (Wildman–Crippen MR) is 92.9 cm³/mol. The summed E-state index contributed by atoms with van der Waals surface area (Å²) in [6, 6.07) is 14.1. The van der Waals surface area contributed by atoms with Crippen molar-refractivity contribution in [1.82, 2.24) is 10.3 Å². The number of benzene rings is 1. The number of nitriles is 1. The molecule has 116 valence electrons. The number of anilines is 1. The maximum absolute atomic E-state index is 12.3. The second-order valence-electron chi connectivity index (χ2n) is 4.88. The zero-order chi connectivity index (χ0) is 16.8. The van der Waals surface area contributed by atoms with Crippen molar-refractivity contribution in [2.45, 2.75) is 13.0 Å². The van der Waals surface area contributed by atoms with E-state index in [1.54, 1.807) is 24.3 Å². The Kier molecular flexibility index (Phi) is 5.50. The van der Waals surface area contributed by atoms with Crippen LogP contribution in [0, 0.1) is 11.3 Å². The third kappa shape index (κ3) is 4.41. The van der Waals surface area contributed by atoms with Crippen LogP contribution in [0.1, 0.15) is 24.2 Å². The minimum absolute atomic E-state index is 0.0167. The Morgan fingerprint density at radius 2 is 2.09 bits per heavy atom. The number of nitrogens with one attached hydrogen (secondary N) is 1. The number of carbonyl (C=O) groups excluding carboxylic acids is 1. The van der Waals surface area contributed by atoms with Crippen LogP contribution < -0.4 is 11.1 Å². The minimum atomic E-state index is -0.468. The summed E-state index contributed by atoms with van der Waals surface area (Å²) in [6.07, 6.45) is 1.45. The molecule has 1 aromatic carbocycles. The van der Waals surface area contributed by atoms with Crippen LogP contribution >= 0.6 is 15.9 Å². The second kappa shape index (κ2) is 7.56. The van der Waals surface area contributed by atoms with Gasteiger partial charge >= 0.3 is 0 Å². The minimum Gasteiger partial charge on any atom is -0.398 e. The van der Waals surface area contributed by atoms with Crippen LogP contribution in [0.2, 0.25) is 0 Å². The van der Waals surface area contributed by atoms with Gasteiger partial charge < -0.3 is 11.1 Å². The van der Waals surface area contributed by atoms with Gasteiger partial charge in [0.2, 0.25) is 0 Å². The normalized spacial score (nSPS) is 12.3. The van der Waals surface area contributed by atoms with Crippen LogP contribution in [0.25, 0.3) is 6.08 Å². The number of nitrogen functional groups attached to an aromatic ring is 1. The van der Waals surface area contributed by atoms with Crippen LogP contribution in [0.5, 0.6) is 0 Å². The van der Waals surface area contributed by atoms with Gasteiger partial charge in [-0.25, -0.2) is 4.98 Å². The predicted octanol–water partition coefficient (Wildman–Crippen LogP) is 3.21. The van der Waals surface area contributed by atoms with Gasteiger partial charge in [-0.05, 0) is 52.7 Å². The largest absolute Gasteiger partial charge is 0.398 e. The Labute approximate surface area is 143 Å². The molecule has 1 atom stereocenters. The zero-order valence-corrected chi connectivity index (χ0v) is 14.0. The van der Waals surface area contributed by atoms with Gasteiger partial charge in [-0.15, -0.1) is 0 Å². The molecule has 0 fully saturated rings. The molecule has 3 N–H and O–H groups in total. The Balaban J connectivity index is 2.18. The lowest BCUT2D eigenvalue weighted by Gasteiger charge is -2.15. The third-order valence-electron chi connectivity index (χ3n) is 3.20. The molecule has 0 spiro atoms. The van der Waals surface area contributed by atoms with E-state index < -0.39 is 5.91 Å². The van der Waals surface area contributed by atoms with Gasteiger partial charge in [0.15, 0.2) is 0 Å². The van der Waals surface area contributed by atoms with Crippen LogP contribution in [-0.2, 0) is 4.79 Å². The Bertz CT molecular complexity index is 795. The van der Waals surface area contributed by atoms with Crippen molar-refractivity contribution >= 4 is 33.6 Å². The fourth-order valence-electron chi connectivity index (χ4n) is 2.06. The number of hydrogen-bond donors (Lipinski definition) is 2. The number of rotatable bonds is 4. The van der Waals surface area contributed by atoms with Gasteiger partial charge in [0.25, 0.3) is 5.91 Å². The van der Waals surface area contributed by atoms with Gasteiger partial charge in [0, 0.05) is 5.69 Å². The fraction of sp³-hybridized carbons (Fsp3) is 0.118. The van der Waals surface area contributed by atoms with Gasteiger partial charge in [-0.1, -0.05) is 24.3 Å². The molecule has 0 unspecified atom stereocenters. The molecule has 2 rings (SSSR count). The summed E-state index contributed by atoms with van der Waals surface area (Å²) in [5.74, 6) is -0.468. The summed E-state index contributed by atoms with van der Waals surface area (Å²) in [5.41, 5.74) is 7.81. The highest BCUT2D eigenvalue weighted by molar-refractivity contribution is 9.10. The smallest absolute Gasteiger partial charge is 0.262 e. The molecule has 0 bridgehead atoms. The highest BCUT2D eigenvalue weighted by Crippen LogP contribution is 2.20. The fourth-order valence-corrected chi connectivity index (χ4v) is 2.42. The van der Waals surface area contributed by atoms with Gasteiger partial charge in [-0.3, -0.25) is 4.79 Å². The van der Waals surface area contributed by atoms with E-state index in [0.29, 0.717) is 16.0 Å². The molecular weight excluding hydrogens is 356 g/mol. The van der Waals surface area contributed by atoms with Crippen LogP contribution in [0.15, 0.2) is 52.6 Å². The molecule has 0 aliphatic heterocycles. The van der Waals surface area contributed by atoms with E-state index >= 15 is 0 Å². The summed E-state index contributed by atoms with van der Waals surface area (Å²) in [4.78, 5) is 16.5. The standard InChI is InChI=1S/C17H15BrN4O/c1-11(14-6-2-3-7-15(14)20)21-17(23)12(10-19)9-13-5-4-8-16(18)22-13/h2-9,11H,20H2,1H3,(H,21,23)/t11-/m0/s1. The third-order valence-corrected chi connectivity index (χ3v) is 3.65. The SMILES string of the molecule is C[C@H](NC(=O)C(C#N)=Cc1cccc(Br)n1)c1ccccc1N. The van der Waals surface area contributed by atoms with Gasteiger partial charge in [-0.2, -0.15) is 5.26 Å². The Hall–Kier alpha value is -2.65. The first kappa shape index (κ1) is 16.7. The van der Waals surface area contributed by atoms with E-state index in [-0.39, 0.29) is 11.6 Å². The van der Waals surface area contributed by atoms with Crippen molar-refractivity contribution in [3.8, 4) is 6.07 Å². The Morgan fingerprint density at radius 1 is 1.35 bits per heavy atom. The van der Waals surface area contributed by atoms with Crippen LogP contribution in [0.4, 0.5) is 5.69 Å². The molecule has 1 amide bonds. The number of carbonyl (C=O) groups is 1. The van der Waals surface area contributed by atoms with Crippen molar-refractivity contribution in [2.75, 3.05) is 5.73 Å². The van der Waals surface area contributed by atoms with E-state index in [9.17, 15) is 10.1 Å². The molecule has 6 heteroatoms. The van der Waals surface area contributed by atoms with Crippen molar-refractivity contribution in [3.63, 3.8) is 0 Å². The quantitative estimate of drug-likeness (QED) is 0.374. The van der Waals surface area contributed by atoms with Gasteiger partial charge in [0.05, 0.1) is 11.7 Å². The number of hydrogen-bond acceptors (Lipinski definition) is 4. The van der Waals surface area contributed by atoms with Crippen molar-refractivity contribution < 1.29 is 4.79 Å². The molecule has 5 nitrogen and oxygen atoms in total. The van der Waals surface area contributed by atoms with E-state index in [2.05, 4.69) is 26.2 Å². The number of nitrogens with two attached hydrogens (primary N) is 1. The average molecular weight is 371 g/mol.